The van der Waals surface area contributed by atoms with E-state index < -0.39 is 0 Å². The lowest BCUT2D eigenvalue weighted by Gasteiger charge is -2.04. The molecule has 1 aliphatic heterocycles. The highest BCUT2D eigenvalue weighted by Crippen LogP contribution is 2.32. The lowest BCUT2D eigenvalue weighted by atomic mass is 10.1. The number of nitrogens with two attached hydrogens (primary N) is 1. The molecule has 0 saturated heterocycles. The highest BCUT2D eigenvalue weighted by Gasteiger charge is 2.13. The Labute approximate surface area is 121 Å². The first-order valence-corrected chi connectivity index (χ1v) is 6.69. The third-order valence-corrected chi connectivity index (χ3v) is 3.76. The molecule has 2 aromatic carbocycles. The molecule has 0 atom stereocenters. The van der Waals surface area contributed by atoms with E-state index in [2.05, 4.69) is 17.4 Å². The van der Waals surface area contributed by atoms with Gasteiger partial charge in [-0.15, -0.1) is 0 Å². The van der Waals surface area contributed by atoms with Gasteiger partial charge in [-0.25, -0.2) is 0 Å². The molecule has 0 aliphatic carbocycles. The molecule has 19 heavy (non-hydrogen) atoms. The molecule has 0 radical (unpaired) electrons. The van der Waals surface area contributed by atoms with Gasteiger partial charge in [-0.2, -0.15) is 0 Å². The van der Waals surface area contributed by atoms with Gasteiger partial charge in [0.1, 0.15) is 0 Å². The molecule has 1 aliphatic rings. The number of hydrogen-bond acceptors (Lipinski definition) is 2. The topological polar surface area (TPSA) is 38.0 Å². The maximum absolute atomic E-state index is 6.03. The van der Waals surface area contributed by atoms with Crippen LogP contribution in [-0.4, -0.2) is 0 Å². The Hall–Kier alpha value is -1.64. The smallest absolute Gasteiger partial charge is 0.0693 e. The van der Waals surface area contributed by atoms with Crippen LogP contribution in [0.1, 0.15) is 11.1 Å². The number of nitrogen functional groups attached to an aromatic ring is 1. The van der Waals surface area contributed by atoms with E-state index in [9.17, 15) is 0 Å². The van der Waals surface area contributed by atoms with Gasteiger partial charge >= 0.3 is 0 Å². The summed E-state index contributed by atoms with van der Waals surface area (Å²) in [4.78, 5) is 0. The van der Waals surface area contributed by atoms with E-state index >= 15 is 0 Å². The van der Waals surface area contributed by atoms with Crippen molar-refractivity contribution in [3.05, 3.63) is 63.3 Å². The summed E-state index contributed by atoms with van der Waals surface area (Å²) in [6.45, 7) is 0. The van der Waals surface area contributed by atoms with Crippen LogP contribution in [0.3, 0.4) is 0 Å². The molecule has 3 N–H and O–H groups in total. The molecule has 96 valence electrons. The Morgan fingerprint density at radius 3 is 2.47 bits per heavy atom. The number of anilines is 2. The van der Waals surface area contributed by atoms with Gasteiger partial charge in [0, 0.05) is 17.8 Å². The Morgan fingerprint density at radius 2 is 1.79 bits per heavy atom. The lowest BCUT2D eigenvalue weighted by molar-refractivity contribution is 1.26. The average molecular weight is 291 g/mol. The molecule has 0 aromatic heterocycles. The van der Waals surface area contributed by atoms with Gasteiger partial charge in [-0.1, -0.05) is 41.4 Å². The molecule has 1 heterocycles. The Balaban J connectivity index is 1.93. The summed E-state index contributed by atoms with van der Waals surface area (Å²) in [7, 11) is 0. The van der Waals surface area contributed by atoms with E-state index in [0.717, 1.165) is 23.4 Å². The maximum Gasteiger partial charge on any atom is 0.0693 e. The van der Waals surface area contributed by atoms with Crippen molar-refractivity contribution in [2.75, 3.05) is 11.1 Å². The third-order valence-electron chi connectivity index (χ3n) is 3.14. The Morgan fingerprint density at radius 1 is 1.11 bits per heavy atom. The molecular weight excluding hydrogens is 279 g/mol. The van der Waals surface area contributed by atoms with Gasteiger partial charge in [-0.3, -0.25) is 0 Å². The lowest BCUT2D eigenvalue weighted by Crippen LogP contribution is -1.93. The third kappa shape index (κ3) is 2.42. The number of nitrogens with one attached hydrogen (secondary N) is 1. The summed E-state index contributed by atoms with van der Waals surface area (Å²) in [6, 6.07) is 11.9. The van der Waals surface area contributed by atoms with Gasteiger partial charge in [-0.05, 0) is 35.4 Å². The van der Waals surface area contributed by atoms with Crippen LogP contribution in [0.5, 0.6) is 0 Å². The van der Waals surface area contributed by atoms with E-state index in [1.807, 2.05) is 30.3 Å². The van der Waals surface area contributed by atoms with E-state index in [1.165, 1.54) is 5.56 Å². The second-order valence-electron chi connectivity index (χ2n) is 4.53. The summed E-state index contributed by atoms with van der Waals surface area (Å²) in [5.74, 6) is 0. The maximum atomic E-state index is 6.03. The molecule has 0 saturated carbocycles. The minimum absolute atomic E-state index is 0.424. The van der Waals surface area contributed by atoms with Crippen molar-refractivity contribution in [1.82, 2.24) is 0 Å². The fourth-order valence-corrected chi connectivity index (χ4v) is 2.70. The van der Waals surface area contributed by atoms with Crippen LogP contribution in [-0.2, 0) is 6.42 Å². The Bertz CT molecular complexity index is 628. The first-order valence-electron chi connectivity index (χ1n) is 5.93. The molecule has 2 nitrogen and oxygen atoms in total. The average Bonchev–Trinajstić information content (AvgIpc) is 2.78. The predicted molar refractivity (Wildman–Crippen MR) is 82.6 cm³/mol. The number of para-hydroxylation sites is 1. The fourth-order valence-electron chi connectivity index (χ4n) is 2.19. The van der Waals surface area contributed by atoms with Crippen molar-refractivity contribution in [3.63, 3.8) is 0 Å². The molecule has 4 heteroatoms. The number of halogens is 2. The normalized spacial score (nSPS) is 15.4. The zero-order chi connectivity index (χ0) is 13.4. The molecule has 2 aromatic rings. The van der Waals surface area contributed by atoms with Crippen LogP contribution in [0, 0.1) is 0 Å². The number of benzene rings is 2. The van der Waals surface area contributed by atoms with Gasteiger partial charge in [0.05, 0.1) is 15.7 Å². The highest BCUT2D eigenvalue weighted by atomic mass is 35.5. The molecule has 0 unspecified atom stereocenters. The molecule has 0 amide bonds. The summed E-state index contributed by atoms with van der Waals surface area (Å²) in [6.07, 6.45) is 2.92. The molecule has 0 fully saturated rings. The second-order valence-corrected chi connectivity index (χ2v) is 5.34. The van der Waals surface area contributed by atoms with Crippen molar-refractivity contribution < 1.29 is 0 Å². The van der Waals surface area contributed by atoms with Crippen molar-refractivity contribution in [3.8, 4) is 0 Å². The van der Waals surface area contributed by atoms with Crippen molar-refractivity contribution >= 4 is 40.7 Å². The first-order chi connectivity index (χ1) is 9.13. The van der Waals surface area contributed by atoms with Crippen molar-refractivity contribution in [2.45, 2.75) is 6.42 Å². The SMILES string of the molecule is Nc1c(Cl)cc(C=C2Cc3ccccc3N2)cc1Cl. The van der Waals surface area contributed by atoms with Crippen molar-refractivity contribution in [2.24, 2.45) is 0 Å². The molecule has 0 spiro atoms. The van der Waals surface area contributed by atoms with Crippen LogP contribution in [0.2, 0.25) is 10.0 Å². The zero-order valence-electron chi connectivity index (χ0n) is 10.1. The van der Waals surface area contributed by atoms with Gasteiger partial charge < -0.3 is 11.1 Å². The van der Waals surface area contributed by atoms with Crippen LogP contribution < -0.4 is 11.1 Å². The Kier molecular flexibility index (Phi) is 3.13. The van der Waals surface area contributed by atoms with Crippen LogP contribution in [0.4, 0.5) is 11.4 Å². The van der Waals surface area contributed by atoms with Crippen LogP contribution in [0.25, 0.3) is 6.08 Å². The minimum atomic E-state index is 0.424. The summed E-state index contributed by atoms with van der Waals surface area (Å²) in [5, 5.41) is 4.34. The highest BCUT2D eigenvalue weighted by molar-refractivity contribution is 6.39. The summed E-state index contributed by atoms with van der Waals surface area (Å²) in [5.41, 5.74) is 10.7. The minimum Gasteiger partial charge on any atom is -0.396 e. The van der Waals surface area contributed by atoms with Crippen LogP contribution in [0.15, 0.2) is 42.1 Å². The van der Waals surface area contributed by atoms with Crippen molar-refractivity contribution in [1.29, 1.82) is 0 Å². The largest absolute Gasteiger partial charge is 0.396 e. The summed E-state index contributed by atoms with van der Waals surface area (Å²) >= 11 is 12.1. The quantitative estimate of drug-likeness (QED) is 0.754. The first kappa shape index (κ1) is 12.4. The number of rotatable bonds is 1. The summed E-state index contributed by atoms with van der Waals surface area (Å²) < 4.78 is 0. The number of fused-ring (bicyclic) bond motifs is 1. The number of hydrogen-bond donors (Lipinski definition) is 2. The monoisotopic (exact) mass is 290 g/mol. The van der Waals surface area contributed by atoms with Gasteiger partial charge in [0.2, 0.25) is 0 Å². The van der Waals surface area contributed by atoms with E-state index in [-0.39, 0.29) is 0 Å². The fraction of sp³-hybridized carbons (Fsp3) is 0.0667. The molecule has 0 bridgehead atoms. The van der Waals surface area contributed by atoms with E-state index in [1.54, 1.807) is 0 Å². The molecular formula is C15H12Cl2N2. The van der Waals surface area contributed by atoms with E-state index in [4.69, 9.17) is 28.9 Å². The van der Waals surface area contributed by atoms with Crippen LogP contribution >= 0.6 is 23.2 Å². The van der Waals surface area contributed by atoms with Gasteiger partial charge in [0.25, 0.3) is 0 Å². The number of allylic oxidation sites excluding steroid dienone is 1. The van der Waals surface area contributed by atoms with E-state index in [0.29, 0.717) is 15.7 Å². The second kappa shape index (κ2) is 4.80. The predicted octanol–water partition coefficient (Wildman–Crippen LogP) is 4.58. The zero-order valence-corrected chi connectivity index (χ0v) is 11.6. The standard InChI is InChI=1S/C15H12Cl2N2/c16-12-6-9(7-13(17)15(12)18)5-11-8-10-3-1-2-4-14(10)19-11/h1-7,19H,8,18H2. The molecule has 3 rings (SSSR count). The van der Waals surface area contributed by atoms with Gasteiger partial charge in [0.15, 0.2) is 0 Å².